The second kappa shape index (κ2) is 5.43. The summed E-state index contributed by atoms with van der Waals surface area (Å²) in [4.78, 5) is 4.28. The first-order valence-electron chi connectivity index (χ1n) is 6.72. The minimum Gasteiger partial charge on any atom is -0.464 e. The second-order valence-corrected chi connectivity index (χ2v) is 7.70. The third-order valence-corrected chi connectivity index (χ3v) is 5.65. The lowest BCUT2D eigenvalue weighted by Gasteiger charge is -2.02. The summed E-state index contributed by atoms with van der Waals surface area (Å²) < 4.78 is 32.8. The van der Waals surface area contributed by atoms with Gasteiger partial charge in [0, 0.05) is 17.5 Å². The highest BCUT2D eigenvalue weighted by molar-refractivity contribution is 7.93. The van der Waals surface area contributed by atoms with Crippen LogP contribution in [0.2, 0.25) is 0 Å². The fourth-order valence-corrected chi connectivity index (χ4v) is 4.13. The first-order chi connectivity index (χ1) is 9.94. The van der Waals surface area contributed by atoms with Gasteiger partial charge in [-0.3, -0.25) is 4.72 Å². The molecule has 0 aliphatic heterocycles. The van der Waals surface area contributed by atoms with E-state index in [0.717, 1.165) is 5.69 Å². The summed E-state index contributed by atoms with van der Waals surface area (Å²) in [6, 6.07) is 2.12. The monoisotopic (exact) mass is 327 g/mol. The molecule has 0 aromatic carbocycles. The maximum absolute atomic E-state index is 12.4. The molecule has 2 heterocycles. The number of hydrogen-bond donors (Lipinski definition) is 2. The zero-order chi connectivity index (χ0) is 15.0. The molecule has 1 aliphatic carbocycles. The molecule has 1 saturated carbocycles. The smallest absolute Gasteiger partial charge is 0.267 e. The Labute approximate surface area is 127 Å². The molecule has 1 fully saturated rings. The normalized spacial score (nSPS) is 15.3. The Bertz CT molecular complexity index is 745. The molecular formula is C13H17N3O3S2. The Balaban J connectivity index is 1.77. The standard InChI is InChI=1S/C13H17N3O3S2/c1-8-7-20-13(15-8)16-21(17,18)12-5-11(19-9(12)2)6-14-10-3-4-10/h5,7,10,14H,3-4,6H2,1-2H3,(H,15,16). The number of anilines is 1. The Hall–Kier alpha value is -1.38. The van der Waals surface area contributed by atoms with E-state index < -0.39 is 10.0 Å². The first kappa shape index (κ1) is 14.6. The molecule has 8 heteroatoms. The number of thiazole rings is 1. The molecule has 0 radical (unpaired) electrons. The molecular weight excluding hydrogens is 310 g/mol. The first-order valence-corrected chi connectivity index (χ1v) is 9.08. The Morgan fingerprint density at radius 1 is 1.43 bits per heavy atom. The zero-order valence-electron chi connectivity index (χ0n) is 11.8. The zero-order valence-corrected chi connectivity index (χ0v) is 13.5. The van der Waals surface area contributed by atoms with Gasteiger partial charge in [0.05, 0.1) is 12.2 Å². The van der Waals surface area contributed by atoms with Crippen LogP contribution < -0.4 is 10.0 Å². The van der Waals surface area contributed by atoms with Gasteiger partial charge in [0.25, 0.3) is 10.0 Å². The van der Waals surface area contributed by atoms with Gasteiger partial charge in [0.2, 0.25) is 0 Å². The average molecular weight is 327 g/mol. The summed E-state index contributed by atoms with van der Waals surface area (Å²) in [7, 11) is -3.66. The number of rotatable bonds is 6. The summed E-state index contributed by atoms with van der Waals surface area (Å²) in [6.45, 7) is 4.03. The topological polar surface area (TPSA) is 84.2 Å². The summed E-state index contributed by atoms with van der Waals surface area (Å²) in [5, 5.41) is 5.46. The van der Waals surface area contributed by atoms with Crippen LogP contribution >= 0.6 is 11.3 Å². The van der Waals surface area contributed by atoms with Crippen molar-refractivity contribution in [1.29, 1.82) is 0 Å². The van der Waals surface area contributed by atoms with Crippen molar-refractivity contribution in [1.82, 2.24) is 10.3 Å². The predicted molar refractivity (Wildman–Crippen MR) is 81.0 cm³/mol. The minimum atomic E-state index is -3.66. The van der Waals surface area contributed by atoms with Gasteiger partial charge in [0.1, 0.15) is 16.4 Å². The Morgan fingerprint density at radius 2 is 2.19 bits per heavy atom. The van der Waals surface area contributed by atoms with Crippen LogP contribution in [0.15, 0.2) is 20.8 Å². The molecule has 0 spiro atoms. The second-order valence-electron chi connectivity index (χ2n) is 5.19. The van der Waals surface area contributed by atoms with Crippen LogP contribution in [-0.2, 0) is 16.6 Å². The molecule has 2 aromatic heterocycles. The van der Waals surface area contributed by atoms with Crippen LogP contribution in [0.5, 0.6) is 0 Å². The molecule has 0 bridgehead atoms. The van der Waals surface area contributed by atoms with Crippen LogP contribution in [-0.4, -0.2) is 19.4 Å². The molecule has 6 nitrogen and oxygen atoms in total. The molecule has 0 amide bonds. The molecule has 2 N–H and O–H groups in total. The lowest BCUT2D eigenvalue weighted by atomic mass is 10.4. The number of nitrogens with one attached hydrogen (secondary N) is 2. The van der Waals surface area contributed by atoms with Gasteiger partial charge >= 0.3 is 0 Å². The van der Waals surface area contributed by atoms with Crippen LogP contribution in [0.4, 0.5) is 5.13 Å². The predicted octanol–water partition coefficient (Wildman–Crippen LogP) is 2.41. The van der Waals surface area contributed by atoms with E-state index in [-0.39, 0.29) is 4.90 Å². The average Bonchev–Trinajstić information content (AvgIpc) is 3.03. The summed E-state index contributed by atoms with van der Waals surface area (Å²) >= 11 is 1.26. The molecule has 0 atom stereocenters. The third-order valence-electron chi connectivity index (χ3n) is 3.20. The lowest BCUT2D eigenvalue weighted by Crippen LogP contribution is -2.15. The maximum Gasteiger partial charge on any atom is 0.267 e. The van der Waals surface area contributed by atoms with Gasteiger partial charge in [0.15, 0.2) is 5.13 Å². The van der Waals surface area contributed by atoms with Crippen LogP contribution in [0.3, 0.4) is 0 Å². The van der Waals surface area contributed by atoms with Crippen LogP contribution in [0.25, 0.3) is 0 Å². The molecule has 3 rings (SSSR count). The van der Waals surface area contributed by atoms with E-state index in [4.69, 9.17) is 4.42 Å². The van der Waals surface area contributed by atoms with Crippen molar-refractivity contribution < 1.29 is 12.8 Å². The van der Waals surface area contributed by atoms with Crippen molar-refractivity contribution in [3.8, 4) is 0 Å². The molecule has 2 aromatic rings. The van der Waals surface area contributed by atoms with Crippen molar-refractivity contribution >= 4 is 26.5 Å². The van der Waals surface area contributed by atoms with Gasteiger partial charge < -0.3 is 9.73 Å². The maximum atomic E-state index is 12.4. The Kier molecular flexibility index (Phi) is 3.76. The van der Waals surface area contributed by atoms with E-state index in [1.807, 2.05) is 6.92 Å². The molecule has 1 aliphatic rings. The highest BCUT2D eigenvalue weighted by atomic mass is 32.2. The molecule has 0 unspecified atom stereocenters. The summed E-state index contributed by atoms with van der Waals surface area (Å²) in [5.41, 5.74) is 0.788. The number of furan rings is 1. The highest BCUT2D eigenvalue weighted by Gasteiger charge is 2.24. The van der Waals surface area contributed by atoms with Gasteiger partial charge in [-0.25, -0.2) is 13.4 Å². The highest BCUT2D eigenvalue weighted by Crippen LogP contribution is 2.25. The van der Waals surface area contributed by atoms with Gasteiger partial charge in [-0.2, -0.15) is 0 Å². The van der Waals surface area contributed by atoms with Gasteiger partial charge in [-0.15, -0.1) is 11.3 Å². The van der Waals surface area contributed by atoms with Crippen LogP contribution in [0.1, 0.15) is 30.1 Å². The summed E-state index contributed by atoms with van der Waals surface area (Å²) in [6.07, 6.45) is 2.35. The van der Waals surface area contributed by atoms with Crippen LogP contribution in [0, 0.1) is 13.8 Å². The van der Waals surface area contributed by atoms with Gasteiger partial charge in [-0.1, -0.05) is 0 Å². The van der Waals surface area contributed by atoms with E-state index in [2.05, 4.69) is 15.0 Å². The molecule has 114 valence electrons. The number of aryl methyl sites for hydroxylation is 2. The largest absolute Gasteiger partial charge is 0.464 e. The van der Waals surface area contributed by atoms with Gasteiger partial charge in [-0.05, 0) is 26.7 Å². The van der Waals surface area contributed by atoms with Crippen molar-refractivity contribution in [3.63, 3.8) is 0 Å². The number of hydrogen-bond acceptors (Lipinski definition) is 6. The quantitative estimate of drug-likeness (QED) is 0.851. The minimum absolute atomic E-state index is 0.169. The number of nitrogens with zero attached hydrogens (tertiary/aromatic N) is 1. The fourth-order valence-electron chi connectivity index (χ4n) is 1.98. The molecule has 21 heavy (non-hydrogen) atoms. The number of aromatic nitrogens is 1. The molecule has 0 saturated heterocycles. The number of sulfonamides is 1. The Morgan fingerprint density at radius 3 is 2.81 bits per heavy atom. The van der Waals surface area contributed by atoms with Crippen molar-refractivity contribution in [2.45, 2.75) is 44.2 Å². The van der Waals surface area contributed by atoms with E-state index in [0.29, 0.717) is 29.2 Å². The van der Waals surface area contributed by atoms with Crippen molar-refractivity contribution in [2.75, 3.05) is 4.72 Å². The van der Waals surface area contributed by atoms with E-state index in [1.165, 1.54) is 24.2 Å². The van der Waals surface area contributed by atoms with Crippen molar-refractivity contribution in [2.24, 2.45) is 0 Å². The third kappa shape index (κ3) is 3.45. The van der Waals surface area contributed by atoms with E-state index in [9.17, 15) is 8.42 Å². The fraction of sp³-hybridized carbons (Fsp3) is 0.462. The van der Waals surface area contributed by atoms with Crippen molar-refractivity contribution in [3.05, 3.63) is 28.7 Å². The summed E-state index contributed by atoms with van der Waals surface area (Å²) in [5.74, 6) is 1.03. The SMILES string of the molecule is Cc1csc(NS(=O)(=O)c2cc(CNC3CC3)oc2C)n1. The van der Waals surface area contributed by atoms with E-state index >= 15 is 0 Å². The lowest BCUT2D eigenvalue weighted by molar-refractivity contribution is 0.456. The van der Waals surface area contributed by atoms with E-state index in [1.54, 1.807) is 18.4 Å².